The van der Waals surface area contributed by atoms with Crippen LogP contribution in [0.2, 0.25) is 0 Å². The molecule has 0 amide bonds. The molecule has 1 N–H and O–H groups in total. The first-order chi connectivity index (χ1) is 9.65. The number of nitrogens with one attached hydrogen (secondary N) is 1. The van der Waals surface area contributed by atoms with Gasteiger partial charge in [0, 0.05) is 18.1 Å². The maximum atomic E-state index is 3.77. The predicted octanol–water partition coefficient (Wildman–Crippen LogP) is 4.05. The zero-order valence-electron chi connectivity index (χ0n) is 14.2. The summed E-state index contributed by atoms with van der Waals surface area (Å²) in [6.07, 6.45) is 11.3. The summed E-state index contributed by atoms with van der Waals surface area (Å²) < 4.78 is 0. The Morgan fingerprint density at radius 1 is 1.00 bits per heavy atom. The Labute approximate surface area is 126 Å². The van der Waals surface area contributed by atoms with Crippen molar-refractivity contribution in [2.75, 3.05) is 13.6 Å². The lowest BCUT2D eigenvalue weighted by Crippen LogP contribution is -2.55. The van der Waals surface area contributed by atoms with E-state index in [9.17, 15) is 0 Å². The molecule has 0 aromatic carbocycles. The molecule has 0 radical (unpaired) electrons. The van der Waals surface area contributed by atoms with Gasteiger partial charge in [-0.3, -0.25) is 4.90 Å². The Morgan fingerprint density at radius 2 is 1.70 bits per heavy atom. The van der Waals surface area contributed by atoms with Crippen molar-refractivity contribution in [3.8, 4) is 0 Å². The molecule has 0 aromatic rings. The van der Waals surface area contributed by atoms with Crippen molar-refractivity contribution in [3.05, 3.63) is 0 Å². The van der Waals surface area contributed by atoms with Gasteiger partial charge in [-0.1, -0.05) is 27.2 Å². The third-order valence-electron chi connectivity index (χ3n) is 6.05. The van der Waals surface area contributed by atoms with E-state index < -0.39 is 0 Å². The van der Waals surface area contributed by atoms with Crippen LogP contribution in [0.5, 0.6) is 0 Å². The smallest absolute Gasteiger partial charge is 0.0251 e. The van der Waals surface area contributed by atoms with Gasteiger partial charge in [0.1, 0.15) is 0 Å². The molecule has 2 aliphatic carbocycles. The van der Waals surface area contributed by atoms with E-state index in [2.05, 4.69) is 38.0 Å². The van der Waals surface area contributed by atoms with Gasteiger partial charge in [-0.2, -0.15) is 0 Å². The maximum Gasteiger partial charge on any atom is 0.0251 e. The molecular formula is C18H36N2. The zero-order valence-corrected chi connectivity index (χ0v) is 14.2. The van der Waals surface area contributed by atoms with Crippen molar-refractivity contribution in [1.29, 1.82) is 0 Å². The van der Waals surface area contributed by atoms with Crippen LogP contribution in [0.3, 0.4) is 0 Å². The highest BCUT2D eigenvalue weighted by molar-refractivity contribution is 4.92. The molecule has 0 saturated heterocycles. The monoisotopic (exact) mass is 280 g/mol. The van der Waals surface area contributed by atoms with Crippen LogP contribution < -0.4 is 5.32 Å². The topological polar surface area (TPSA) is 15.3 Å². The summed E-state index contributed by atoms with van der Waals surface area (Å²) in [5, 5.41) is 3.77. The normalized spacial score (nSPS) is 39.1. The van der Waals surface area contributed by atoms with Crippen molar-refractivity contribution in [2.24, 2.45) is 11.8 Å². The quantitative estimate of drug-likeness (QED) is 0.817. The van der Waals surface area contributed by atoms with E-state index in [-0.39, 0.29) is 0 Å². The Kier molecular flexibility index (Phi) is 6.35. The standard InChI is InChI=1S/C18H36N2/c1-5-15-9-12-17(19-6-2)18(13-15)20(4)16-10-7-14(3)8-11-16/h14-19H,5-13H2,1-4H3. The Hall–Kier alpha value is -0.0800. The summed E-state index contributed by atoms with van der Waals surface area (Å²) in [5.74, 6) is 1.92. The second-order valence-corrected chi connectivity index (χ2v) is 7.40. The zero-order chi connectivity index (χ0) is 14.5. The van der Waals surface area contributed by atoms with Gasteiger partial charge < -0.3 is 5.32 Å². The first-order valence-corrected chi connectivity index (χ1v) is 9.10. The van der Waals surface area contributed by atoms with Crippen molar-refractivity contribution in [3.63, 3.8) is 0 Å². The summed E-state index contributed by atoms with van der Waals surface area (Å²) in [7, 11) is 2.41. The second-order valence-electron chi connectivity index (χ2n) is 7.40. The summed E-state index contributed by atoms with van der Waals surface area (Å²) in [6, 6.07) is 2.34. The first-order valence-electron chi connectivity index (χ1n) is 9.10. The van der Waals surface area contributed by atoms with E-state index in [4.69, 9.17) is 0 Å². The highest BCUT2D eigenvalue weighted by atomic mass is 15.2. The van der Waals surface area contributed by atoms with Crippen LogP contribution in [-0.2, 0) is 0 Å². The third-order valence-corrected chi connectivity index (χ3v) is 6.05. The fraction of sp³-hybridized carbons (Fsp3) is 1.00. The maximum absolute atomic E-state index is 3.77. The van der Waals surface area contributed by atoms with Crippen LogP contribution in [0.25, 0.3) is 0 Å². The van der Waals surface area contributed by atoms with Crippen LogP contribution >= 0.6 is 0 Å². The van der Waals surface area contributed by atoms with E-state index in [1.807, 2.05) is 0 Å². The third kappa shape index (κ3) is 3.98. The summed E-state index contributed by atoms with van der Waals surface area (Å²) in [6.45, 7) is 8.17. The molecule has 0 heterocycles. The molecule has 3 atom stereocenters. The molecule has 3 unspecified atom stereocenters. The van der Waals surface area contributed by atoms with E-state index >= 15 is 0 Å². The van der Waals surface area contributed by atoms with Gasteiger partial charge in [0.05, 0.1) is 0 Å². The number of likely N-dealkylation sites (N-methyl/N-ethyl adjacent to an activating group) is 2. The van der Waals surface area contributed by atoms with Gasteiger partial charge in [-0.25, -0.2) is 0 Å². The van der Waals surface area contributed by atoms with E-state index in [1.54, 1.807) is 0 Å². The van der Waals surface area contributed by atoms with Gasteiger partial charge in [-0.15, -0.1) is 0 Å². The molecule has 2 saturated carbocycles. The minimum Gasteiger partial charge on any atom is -0.313 e. The summed E-state index contributed by atoms with van der Waals surface area (Å²) in [5.41, 5.74) is 0. The van der Waals surface area contributed by atoms with Gasteiger partial charge >= 0.3 is 0 Å². The van der Waals surface area contributed by atoms with Crippen LogP contribution in [0.15, 0.2) is 0 Å². The molecule has 118 valence electrons. The molecule has 2 rings (SSSR count). The van der Waals surface area contributed by atoms with E-state index in [1.165, 1.54) is 51.4 Å². The van der Waals surface area contributed by atoms with Crippen LogP contribution in [0, 0.1) is 11.8 Å². The highest BCUT2D eigenvalue weighted by Crippen LogP contribution is 2.34. The molecule has 2 fully saturated rings. The lowest BCUT2D eigenvalue weighted by atomic mass is 9.78. The van der Waals surface area contributed by atoms with Gasteiger partial charge in [-0.05, 0) is 70.4 Å². The summed E-state index contributed by atoms with van der Waals surface area (Å²) >= 11 is 0. The minimum atomic E-state index is 0.729. The SMILES string of the molecule is CCNC1CCC(CC)CC1N(C)C1CCC(C)CC1. The van der Waals surface area contributed by atoms with Crippen LogP contribution in [0.4, 0.5) is 0 Å². The van der Waals surface area contributed by atoms with Crippen LogP contribution in [0.1, 0.15) is 72.1 Å². The Morgan fingerprint density at radius 3 is 2.30 bits per heavy atom. The molecule has 2 nitrogen and oxygen atoms in total. The fourth-order valence-electron chi connectivity index (χ4n) is 4.47. The predicted molar refractivity (Wildman–Crippen MR) is 88.1 cm³/mol. The van der Waals surface area contributed by atoms with Crippen molar-refractivity contribution in [2.45, 2.75) is 90.3 Å². The lowest BCUT2D eigenvalue weighted by Gasteiger charge is -2.46. The summed E-state index contributed by atoms with van der Waals surface area (Å²) in [4.78, 5) is 2.76. The largest absolute Gasteiger partial charge is 0.313 e. The molecule has 2 aliphatic rings. The van der Waals surface area contributed by atoms with Gasteiger partial charge in [0.2, 0.25) is 0 Å². The second kappa shape index (κ2) is 7.79. The fourth-order valence-corrected chi connectivity index (χ4v) is 4.47. The molecule has 0 aliphatic heterocycles. The Balaban J connectivity index is 1.97. The molecule has 2 heteroatoms. The number of hydrogen-bond donors (Lipinski definition) is 1. The number of hydrogen-bond acceptors (Lipinski definition) is 2. The minimum absolute atomic E-state index is 0.729. The van der Waals surface area contributed by atoms with Gasteiger partial charge in [0.15, 0.2) is 0 Å². The molecule has 0 aromatic heterocycles. The molecule has 0 bridgehead atoms. The average molecular weight is 281 g/mol. The highest BCUT2D eigenvalue weighted by Gasteiger charge is 2.35. The van der Waals surface area contributed by atoms with E-state index in [0.717, 1.165) is 36.5 Å². The van der Waals surface area contributed by atoms with Crippen molar-refractivity contribution in [1.82, 2.24) is 10.2 Å². The van der Waals surface area contributed by atoms with Crippen LogP contribution in [-0.4, -0.2) is 36.6 Å². The molecular weight excluding hydrogens is 244 g/mol. The molecule has 20 heavy (non-hydrogen) atoms. The van der Waals surface area contributed by atoms with Gasteiger partial charge in [0.25, 0.3) is 0 Å². The Bertz CT molecular complexity index is 271. The number of rotatable bonds is 5. The lowest BCUT2D eigenvalue weighted by molar-refractivity contribution is 0.0607. The van der Waals surface area contributed by atoms with Crippen molar-refractivity contribution >= 4 is 0 Å². The first kappa shape index (κ1) is 16.3. The number of nitrogens with zero attached hydrogens (tertiary/aromatic N) is 1. The average Bonchev–Trinajstić information content (AvgIpc) is 2.48. The van der Waals surface area contributed by atoms with E-state index in [0.29, 0.717) is 0 Å². The van der Waals surface area contributed by atoms with Crippen molar-refractivity contribution < 1.29 is 0 Å². The molecule has 0 spiro atoms.